The van der Waals surface area contributed by atoms with Crippen molar-refractivity contribution in [3.05, 3.63) is 0 Å². The van der Waals surface area contributed by atoms with Gasteiger partial charge in [0.15, 0.2) is 5.78 Å². The van der Waals surface area contributed by atoms with Gasteiger partial charge in [-0.25, -0.2) is 0 Å². The highest BCUT2D eigenvalue weighted by Gasteiger charge is 2.27. The number of carbonyl (C=O) groups is 1. The van der Waals surface area contributed by atoms with E-state index in [0.717, 1.165) is 6.42 Å². The number of Topliss-reactive ketones (excluding diaryl/α,β-unsaturated/α-hetero) is 1. The predicted molar refractivity (Wildman–Crippen MR) is 34.2 cm³/mol. The third-order valence-electron chi connectivity index (χ3n) is 1.73. The molecule has 0 saturated carbocycles. The lowest BCUT2D eigenvalue weighted by Gasteiger charge is -2.04. The summed E-state index contributed by atoms with van der Waals surface area (Å²) >= 11 is 0. The molecule has 1 aliphatic rings. The van der Waals surface area contributed by atoms with E-state index >= 15 is 0 Å². The lowest BCUT2D eigenvalue weighted by molar-refractivity contribution is -0.121. The minimum atomic E-state index is -0.144. The molecule has 0 aromatic heterocycles. The molecule has 0 amide bonds. The second-order valence-electron chi connectivity index (χ2n) is 2.48. The third-order valence-corrected chi connectivity index (χ3v) is 1.73. The van der Waals surface area contributed by atoms with E-state index in [4.69, 9.17) is 4.74 Å². The van der Waals surface area contributed by atoms with Gasteiger partial charge in [0, 0.05) is 6.42 Å². The summed E-state index contributed by atoms with van der Waals surface area (Å²) in [5.41, 5.74) is 0. The molecule has 0 spiro atoms. The van der Waals surface area contributed by atoms with Crippen LogP contribution in [0.4, 0.5) is 0 Å². The lowest BCUT2D eigenvalue weighted by Crippen LogP contribution is -2.09. The molecule has 2 atom stereocenters. The van der Waals surface area contributed by atoms with E-state index in [0.29, 0.717) is 6.42 Å². The quantitative estimate of drug-likeness (QED) is 0.529. The van der Waals surface area contributed by atoms with Crippen LogP contribution < -0.4 is 0 Å². The van der Waals surface area contributed by atoms with Crippen LogP contribution in [0.25, 0.3) is 0 Å². The van der Waals surface area contributed by atoms with Gasteiger partial charge in [0.25, 0.3) is 0 Å². The van der Waals surface area contributed by atoms with Crippen molar-refractivity contribution >= 4 is 5.78 Å². The average molecular weight is 128 g/mol. The maximum Gasteiger partial charge on any atom is 0.163 e. The molecule has 0 aromatic carbocycles. The van der Waals surface area contributed by atoms with E-state index in [2.05, 4.69) is 0 Å². The fraction of sp³-hybridized carbons (Fsp3) is 0.857. The Morgan fingerprint density at radius 2 is 2.44 bits per heavy atom. The Bertz CT molecular complexity index is 120. The Labute approximate surface area is 55.2 Å². The van der Waals surface area contributed by atoms with Gasteiger partial charge in [-0.1, -0.05) is 6.92 Å². The van der Waals surface area contributed by atoms with Crippen LogP contribution >= 0.6 is 0 Å². The van der Waals surface area contributed by atoms with E-state index < -0.39 is 0 Å². The first-order valence-electron chi connectivity index (χ1n) is 3.42. The molecule has 1 fully saturated rings. The molecule has 0 N–H and O–H groups in total. The fourth-order valence-corrected chi connectivity index (χ4v) is 1.04. The number of hydrogen-bond acceptors (Lipinski definition) is 2. The first-order chi connectivity index (χ1) is 4.24. The standard InChI is InChI=1S/C7H12O2/c1-3-6-4-7(8)5(2)9-6/h5-6H,3-4H2,1-2H3/t5-,6+/m0/s1. The van der Waals surface area contributed by atoms with Crippen LogP contribution in [0.2, 0.25) is 0 Å². The van der Waals surface area contributed by atoms with Crippen molar-refractivity contribution in [1.82, 2.24) is 0 Å². The molecule has 2 nitrogen and oxygen atoms in total. The number of hydrogen-bond donors (Lipinski definition) is 0. The van der Waals surface area contributed by atoms with Crippen LogP contribution in [0, 0.1) is 0 Å². The Morgan fingerprint density at radius 3 is 2.67 bits per heavy atom. The van der Waals surface area contributed by atoms with Crippen molar-refractivity contribution in [2.24, 2.45) is 0 Å². The lowest BCUT2D eigenvalue weighted by atomic mass is 10.1. The molecule has 1 heterocycles. The molecule has 52 valence electrons. The molecule has 1 rings (SSSR count). The maximum atomic E-state index is 10.8. The third kappa shape index (κ3) is 1.30. The minimum absolute atomic E-state index is 0.144. The van der Waals surface area contributed by atoms with Crippen molar-refractivity contribution in [2.45, 2.75) is 38.9 Å². The van der Waals surface area contributed by atoms with Crippen molar-refractivity contribution in [1.29, 1.82) is 0 Å². The largest absolute Gasteiger partial charge is 0.367 e. The molecule has 1 aliphatic heterocycles. The maximum absolute atomic E-state index is 10.8. The monoisotopic (exact) mass is 128 g/mol. The van der Waals surface area contributed by atoms with Crippen LogP contribution in [-0.2, 0) is 9.53 Å². The highest BCUT2D eigenvalue weighted by molar-refractivity contribution is 5.84. The van der Waals surface area contributed by atoms with Crippen LogP contribution in [0.3, 0.4) is 0 Å². The first kappa shape index (κ1) is 6.75. The second-order valence-corrected chi connectivity index (χ2v) is 2.48. The van der Waals surface area contributed by atoms with Crippen molar-refractivity contribution in [2.75, 3.05) is 0 Å². The predicted octanol–water partition coefficient (Wildman–Crippen LogP) is 1.14. The number of carbonyl (C=O) groups excluding carboxylic acids is 1. The minimum Gasteiger partial charge on any atom is -0.367 e. The van der Waals surface area contributed by atoms with Gasteiger partial charge in [-0.15, -0.1) is 0 Å². The van der Waals surface area contributed by atoms with Gasteiger partial charge in [-0.2, -0.15) is 0 Å². The first-order valence-corrected chi connectivity index (χ1v) is 3.42. The summed E-state index contributed by atoms with van der Waals surface area (Å²) in [6, 6.07) is 0. The fourth-order valence-electron chi connectivity index (χ4n) is 1.04. The van der Waals surface area contributed by atoms with Gasteiger partial charge < -0.3 is 4.74 Å². The van der Waals surface area contributed by atoms with Gasteiger partial charge >= 0.3 is 0 Å². The highest BCUT2D eigenvalue weighted by atomic mass is 16.5. The van der Waals surface area contributed by atoms with E-state index in [9.17, 15) is 4.79 Å². The molecular formula is C7H12O2. The van der Waals surface area contributed by atoms with Crippen LogP contribution in [0.1, 0.15) is 26.7 Å². The highest BCUT2D eigenvalue weighted by Crippen LogP contribution is 2.17. The SMILES string of the molecule is CC[C@@H]1CC(=O)[C@H](C)O1. The van der Waals surface area contributed by atoms with Gasteiger partial charge in [0.1, 0.15) is 6.10 Å². The van der Waals surface area contributed by atoms with E-state index in [1.165, 1.54) is 0 Å². The summed E-state index contributed by atoms with van der Waals surface area (Å²) in [6.07, 6.45) is 1.63. The number of ketones is 1. The topological polar surface area (TPSA) is 26.3 Å². The summed E-state index contributed by atoms with van der Waals surface area (Å²) < 4.78 is 5.27. The number of ether oxygens (including phenoxy) is 1. The zero-order valence-electron chi connectivity index (χ0n) is 5.89. The van der Waals surface area contributed by atoms with Crippen molar-refractivity contribution in [3.8, 4) is 0 Å². The smallest absolute Gasteiger partial charge is 0.163 e. The van der Waals surface area contributed by atoms with Crippen molar-refractivity contribution in [3.63, 3.8) is 0 Å². The van der Waals surface area contributed by atoms with E-state index in [-0.39, 0.29) is 18.0 Å². The van der Waals surface area contributed by atoms with Crippen LogP contribution in [0.15, 0.2) is 0 Å². The summed E-state index contributed by atoms with van der Waals surface area (Å²) in [7, 11) is 0. The van der Waals surface area contributed by atoms with Gasteiger partial charge in [0.05, 0.1) is 6.10 Å². The molecule has 0 bridgehead atoms. The summed E-state index contributed by atoms with van der Waals surface area (Å²) in [4.78, 5) is 10.8. The van der Waals surface area contributed by atoms with E-state index in [1.54, 1.807) is 0 Å². The van der Waals surface area contributed by atoms with Crippen LogP contribution in [-0.4, -0.2) is 18.0 Å². The molecule has 0 radical (unpaired) electrons. The number of rotatable bonds is 1. The second kappa shape index (κ2) is 2.48. The van der Waals surface area contributed by atoms with Gasteiger partial charge in [-0.05, 0) is 13.3 Å². The normalized spacial score (nSPS) is 35.6. The molecule has 0 aliphatic carbocycles. The summed E-state index contributed by atoms with van der Waals surface area (Å²) in [5, 5.41) is 0. The molecule has 2 heteroatoms. The Kier molecular flexibility index (Phi) is 1.86. The molecule has 9 heavy (non-hydrogen) atoms. The Morgan fingerprint density at radius 1 is 1.78 bits per heavy atom. The summed E-state index contributed by atoms with van der Waals surface area (Å²) in [5.74, 6) is 0.252. The van der Waals surface area contributed by atoms with Gasteiger partial charge in [0.2, 0.25) is 0 Å². The molecular weight excluding hydrogens is 116 g/mol. The Hall–Kier alpha value is -0.370. The summed E-state index contributed by atoms with van der Waals surface area (Å²) in [6.45, 7) is 3.86. The van der Waals surface area contributed by atoms with Crippen LogP contribution in [0.5, 0.6) is 0 Å². The molecule has 1 saturated heterocycles. The van der Waals surface area contributed by atoms with E-state index in [1.807, 2.05) is 13.8 Å². The van der Waals surface area contributed by atoms with Crippen molar-refractivity contribution < 1.29 is 9.53 Å². The zero-order chi connectivity index (χ0) is 6.85. The average Bonchev–Trinajstić information content (AvgIpc) is 2.13. The molecule has 0 unspecified atom stereocenters. The zero-order valence-corrected chi connectivity index (χ0v) is 5.89. The Balaban J connectivity index is 2.44. The molecule has 0 aromatic rings. The van der Waals surface area contributed by atoms with Gasteiger partial charge in [-0.3, -0.25) is 4.79 Å².